The van der Waals surface area contributed by atoms with Gasteiger partial charge in [0, 0.05) is 31.9 Å². The SMILES string of the molecule is O[C@@H](CNCCNc1ncccc1C(F)(F)F)COc1ccc(Cl)c(Cl)c1. The van der Waals surface area contributed by atoms with E-state index >= 15 is 0 Å². The van der Waals surface area contributed by atoms with E-state index in [2.05, 4.69) is 15.6 Å². The predicted octanol–water partition coefficient (Wildman–Crippen LogP) is 3.85. The van der Waals surface area contributed by atoms with Crippen LogP contribution in [0.15, 0.2) is 36.5 Å². The van der Waals surface area contributed by atoms with Crippen LogP contribution in [0.5, 0.6) is 5.75 Å². The van der Waals surface area contributed by atoms with Gasteiger partial charge in [0.2, 0.25) is 0 Å². The first-order valence-corrected chi connectivity index (χ1v) is 8.75. The lowest BCUT2D eigenvalue weighted by atomic mass is 10.2. The van der Waals surface area contributed by atoms with E-state index in [0.29, 0.717) is 22.3 Å². The number of nitrogens with one attached hydrogen (secondary N) is 2. The molecule has 1 atom stereocenters. The van der Waals surface area contributed by atoms with Crippen LogP contribution in [0.2, 0.25) is 10.0 Å². The fourth-order valence-electron chi connectivity index (χ4n) is 2.13. The normalized spacial score (nSPS) is 12.7. The fraction of sp³-hybridized carbons (Fsp3) is 0.353. The maximum atomic E-state index is 12.8. The van der Waals surface area contributed by atoms with Crippen LogP contribution in [-0.2, 0) is 6.18 Å². The molecule has 3 N–H and O–H groups in total. The Morgan fingerprint density at radius 3 is 2.63 bits per heavy atom. The van der Waals surface area contributed by atoms with Crippen molar-refractivity contribution in [2.24, 2.45) is 0 Å². The van der Waals surface area contributed by atoms with E-state index < -0.39 is 17.8 Å². The van der Waals surface area contributed by atoms with Gasteiger partial charge in [0.1, 0.15) is 24.3 Å². The Bertz CT molecular complexity index is 748. The Morgan fingerprint density at radius 1 is 1.15 bits per heavy atom. The summed E-state index contributed by atoms with van der Waals surface area (Å²) < 4.78 is 43.9. The molecule has 0 aliphatic rings. The zero-order valence-electron chi connectivity index (χ0n) is 14.1. The van der Waals surface area contributed by atoms with Crippen molar-refractivity contribution in [3.63, 3.8) is 0 Å². The van der Waals surface area contributed by atoms with Gasteiger partial charge in [0.05, 0.1) is 15.6 Å². The van der Waals surface area contributed by atoms with Crippen molar-refractivity contribution in [2.75, 3.05) is 31.6 Å². The van der Waals surface area contributed by atoms with Crippen LogP contribution in [0, 0.1) is 0 Å². The van der Waals surface area contributed by atoms with Crippen LogP contribution < -0.4 is 15.4 Å². The van der Waals surface area contributed by atoms with E-state index in [1.807, 2.05) is 0 Å². The number of alkyl halides is 3. The molecule has 0 aliphatic carbocycles. The van der Waals surface area contributed by atoms with Gasteiger partial charge in [-0.15, -0.1) is 0 Å². The molecule has 0 unspecified atom stereocenters. The lowest BCUT2D eigenvalue weighted by Crippen LogP contribution is -2.34. The average Bonchev–Trinajstić information content (AvgIpc) is 2.62. The fourth-order valence-corrected chi connectivity index (χ4v) is 2.42. The van der Waals surface area contributed by atoms with Crippen molar-refractivity contribution in [3.05, 3.63) is 52.1 Å². The first-order valence-electron chi connectivity index (χ1n) is 8.00. The molecular weight excluding hydrogens is 406 g/mol. The van der Waals surface area contributed by atoms with Gasteiger partial charge in [0.15, 0.2) is 0 Å². The van der Waals surface area contributed by atoms with Crippen LogP contribution >= 0.6 is 23.2 Å². The minimum Gasteiger partial charge on any atom is -0.491 e. The monoisotopic (exact) mass is 423 g/mol. The van der Waals surface area contributed by atoms with E-state index in [4.69, 9.17) is 27.9 Å². The highest BCUT2D eigenvalue weighted by atomic mass is 35.5. The molecule has 27 heavy (non-hydrogen) atoms. The van der Waals surface area contributed by atoms with Crippen LogP contribution in [0.25, 0.3) is 0 Å². The highest BCUT2D eigenvalue weighted by Gasteiger charge is 2.33. The molecule has 2 aromatic rings. The summed E-state index contributed by atoms with van der Waals surface area (Å²) in [6, 6.07) is 6.95. The summed E-state index contributed by atoms with van der Waals surface area (Å²) in [7, 11) is 0. The molecule has 1 aromatic heterocycles. The van der Waals surface area contributed by atoms with Crippen molar-refractivity contribution in [2.45, 2.75) is 12.3 Å². The van der Waals surface area contributed by atoms with E-state index in [9.17, 15) is 18.3 Å². The number of anilines is 1. The Balaban J connectivity index is 1.67. The molecule has 0 saturated carbocycles. The van der Waals surface area contributed by atoms with Crippen LogP contribution in [0.4, 0.5) is 19.0 Å². The smallest absolute Gasteiger partial charge is 0.419 e. The number of aromatic nitrogens is 1. The maximum Gasteiger partial charge on any atom is 0.419 e. The highest BCUT2D eigenvalue weighted by Crippen LogP contribution is 2.33. The number of aliphatic hydroxyl groups excluding tert-OH is 1. The Morgan fingerprint density at radius 2 is 1.93 bits per heavy atom. The minimum absolute atomic E-state index is 0.0247. The van der Waals surface area contributed by atoms with E-state index in [1.165, 1.54) is 12.3 Å². The molecule has 10 heteroatoms. The second kappa shape index (κ2) is 9.98. The molecule has 2 rings (SSSR count). The molecule has 148 valence electrons. The van der Waals surface area contributed by atoms with Gasteiger partial charge in [-0.05, 0) is 24.3 Å². The van der Waals surface area contributed by atoms with Gasteiger partial charge in [0.25, 0.3) is 0 Å². The number of hydrogen-bond acceptors (Lipinski definition) is 5. The number of nitrogens with zero attached hydrogens (tertiary/aromatic N) is 1. The molecule has 5 nitrogen and oxygen atoms in total. The number of pyridine rings is 1. The number of ether oxygens (including phenoxy) is 1. The summed E-state index contributed by atoms with van der Waals surface area (Å²) >= 11 is 11.7. The molecule has 0 spiro atoms. The van der Waals surface area contributed by atoms with Gasteiger partial charge in [-0.3, -0.25) is 0 Å². The number of benzene rings is 1. The third-order valence-electron chi connectivity index (χ3n) is 3.42. The van der Waals surface area contributed by atoms with Crippen molar-refractivity contribution in [1.82, 2.24) is 10.3 Å². The van der Waals surface area contributed by atoms with E-state index in [-0.39, 0.29) is 25.5 Å². The summed E-state index contributed by atoms with van der Waals surface area (Å²) in [5, 5.41) is 16.2. The first-order chi connectivity index (χ1) is 12.8. The first kappa shape index (κ1) is 21.6. The van der Waals surface area contributed by atoms with E-state index in [1.54, 1.807) is 18.2 Å². The number of aliphatic hydroxyl groups is 1. The van der Waals surface area contributed by atoms with Gasteiger partial charge >= 0.3 is 6.18 Å². The number of rotatable bonds is 9. The number of hydrogen-bond donors (Lipinski definition) is 3. The quantitative estimate of drug-likeness (QED) is 0.534. The van der Waals surface area contributed by atoms with Crippen LogP contribution in [0.3, 0.4) is 0 Å². The van der Waals surface area contributed by atoms with Crippen molar-refractivity contribution in [3.8, 4) is 5.75 Å². The third kappa shape index (κ3) is 7.06. The second-order valence-electron chi connectivity index (χ2n) is 5.57. The highest BCUT2D eigenvalue weighted by molar-refractivity contribution is 6.42. The van der Waals surface area contributed by atoms with Gasteiger partial charge in [-0.2, -0.15) is 13.2 Å². The average molecular weight is 424 g/mol. The van der Waals surface area contributed by atoms with Crippen molar-refractivity contribution in [1.29, 1.82) is 0 Å². The van der Waals surface area contributed by atoms with Crippen LogP contribution in [0.1, 0.15) is 5.56 Å². The zero-order chi connectivity index (χ0) is 19.9. The van der Waals surface area contributed by atoms with Gasteiger partial charge < -0.3 is 20.5 Å². The molecule has 0 amide bonds. The van der Waals surface area contributed by atoms with Gasteiger partial charge in [-0.1, -0.05) is 23.2 Å². The summed E-state index contributed by atoms with van der Waals surface area (Å²) in [6.07, 6.45) is -3.99. The Labute approximate surface area is 164 Å². The minimum atomic E-state index is -4.47. The summed E-state index contributed by atoms with van der Waals surface area (Å²) in [4.78, 5) is 3.71. The standard InChI is InChI=1S/C17H18Cl2F3N3O2/c18-14-4-3-12(8-15(14)19)27-10-11(26)9-23-6-7-25-16-13(17(20,21)22)2-1-5-24-16/h1-5,8,11,23,26H,6-7,9-10H2,(H,24,25)/t11-/m0/s1. The largest absolute Gasteiger partial charge is 0.491 e. The van der Waals surface area contributed by atoms with Crippen molar-refractivity contribution >= 4 is 29.0 Å². The molecule has 0 radical (unpaired) electrons. The summed E-state index contributed by atoms with van der Waals surface area (Å²) in [5.74, 6) is 0.246. The second-order valence-corrected chi connectivity index (χ2v) is 6.38. The third-order valence-corrected chi connectivity index (χ3v) is 4.16. The zero-order valence-corrected chi connectivity index (χ0v) is 15.6. The maximum absolute atomic E-state index is 12.8. The molecule has 0 fully saturated rings. The lowest BCUT2D eigenvalue weighted by molar-refractivity contribution is -0.137. The van der Waals surface area contributed by atoms with Gasteiger partial charge in [-0.25, -0.2) is 4.98 Å². The molecule has 0 bridgehead atoms. The lowest BCUT2D eigenvalue weighted by Gasteiger charge is -2.15. The summed E-state index contributed by atoms with van der Waals surface area (Å²) in [5.41, 5.74) is -0.819. The topological polar surface area (TPSA) is 66.4 Å². The molecule has 1 heterocycles. The molecule has 1 aromatic carbocycles. The number of halogens is 5. The summed E-state index contributed by atoms with van der Waals surface area (Å²) in [6.45, 7) is 0.770. The predicted molar refractivity (Wildman–Crippen MR) is 98.6 cm³/mol. The molecule has 0 aliphatic heterocycles. The molecular formula is C17H18Cl2F3N3O2. The molecule has 0 saturated heterocycles. The van der Waals surface area contributed by atoms with E-state index in [0.717, 1.165) is 6.07 Å². The Kier molecular flexibility index (Phi) is 7.97. The Hall–Kier alpha value is -1.74. The van der Waals surface area contributed by atoms with Crippen molar-refractivity contribution < 1.29 is 23.0 Å². The van der Waals surface area contributed by atoms with Crippen LogP contribution in [-0.4, -0.2) is 42.4 Å².